The van der Waals surface area contributed by atoms with E-state index in [1.807, 2.05) is 0 Å². The van der Waals surface area contributed by atoms with Crippen molar-refractivity contribution in [2.75, 3.05) is 0 Å². The minimum Gasteiger partial charge on any atom is -0.387 e. The molecular formula is C7H14O5. The van der Waals surface area contributed by atoms with E-state index in [1.165, 1.54) is 13.8 Å². The Morgan fingerprint density at radius 3 is 2.17 bits per heavy atom. The summed E-state index contributed by atoms with van der Waals surface area (Å²) in [5, 5.41) is 37.1. The molecule has 0 aromatic heterocycles. The topological polar surface area (TPSA) is 90.2 Å². The molecule has 1 fully saturated rings. The molecule has 0 radical (unpaired) electrons. The molecule has 72 valence electrons. The van der Waals surface area contributed by atoms with Crippen LogP contribution in [0.5, 0.6) is 0 Å². The Hall–Kier alpha value is -0.200. The van der Waals surface area contributed by atoms with Crippen molar-refractivity contribution >= 4 is 0 Å². The fourth-order valence-electron chi connectivity index (χ4n) is 1.31. The van der Waals surface area contributed by atoms with Crippen molar-refractivity contribution in [1.82, 2.24) is 0 Å². The second-order valence-corrected chi connectivity index (χ2v) is 3.35. The second kappa shape index (κ2) is 2.93. The average Bonchev–Trinajstić information content (AvgIpc) is 1.99. The van der Waals surface area contributed by atoms with Crippen LogP contribution in [0.3, 0.4) is 0 Å². The van der Waals surface area contributed by atoms with Gasteiger partial charge in [0.05, 0.1) is 6.10 Å². The highest BCUT2D eigenvalue weighted by atomic mass is 16.6. The van der Waals surface area contributed by atoms with E-state index in [0.717, 1.165) is 0 Å². The van der Waals surface area contributed by atoms with Crippen LogP contribution in [0.1, 0.15) is 13.8 Å². The van der Waals surface area contributed by atoms with Crippen LogP contribution < -0.4 is 0 Å². The van der Waals surface area contributed by atoms with Crippen molar-refractivity contribution in [2.45, 2.75) is 44.1 Å². The highest BCUT2D eigenvalue weighted by molar-refractivity contribution is 4.97. The van der Waals surface area contributed by atoms with E-state index in [2.05, 4.69) is 0 Å². The molecule has 5 atom stereocenters. The molecule has 0 aromatic rings. The predicted molar refractivity (Wildman–Crippen MR) is 39.2 cm³/mol. The van der Waals surface area contributed by atoms with Gasteiger partial charge in [-0.05, 0) is 13.8 Å². The van der Waals surface area contributed by atoms with Crippen molar-refractivity contribution < 1.29 is 25.2 Å². The van der Waals surface area contributed by atoms with Gasteiger partial charge in [0.25, 0.3) is 0 Å². The molecule has 5 nitrogen and oxygen atoms in total. The van der Waals surface area contributed by atoms with E-state index >= 15 is 0 Å². The Morgan fingerprint density at radius 2 is 1.67 bits per heavy atom. The number of ether oxygens (including phenoxy) is 1. The smallest absolute Gasteiger partial charge is 0.184 e. The molecule has 1 aliphatic rings. The minimum atomic E-state index is -1.73. The Balaban J connectivity index is 2.82. The molecule has 5 heteroatoms. The largest absolute Gasteiger partial charge is 0.387 e. The summed E-state index contributed by atoms with van der Waals surface area (Å²) in [4.78, 5) is 0. The molecule has 12 heavy (non-hydrogen) atoms. The first-order valence-corrected chi connectivity index (χ1v) is 3.79. The van der Waals surface area contributed by atoms with E-state index in [4.69, 9.17) is 9.84 Å². The van der Waals surface area contributed by atoms with Crippen molar-refractivity contribution in [3.63, 3.8) is 0 Å². The maximum absolute atomic E-state index is 9.51. The Bertz CT molecular complexity index is 153. The summed E-state index contributed by atoms with van der Waals surface area (Å²) < 4.78 is 4.74. The maximum atomic E-state index is 9.51. The average molecular weight is 178 g/mol. The third-order valence-corrected chi connectivity index (χ3v) is 2.27. The Kier molecular flexibility index (Phi) is 2.42. The lowest BCUT2D eigenvalue weighted by Gasteiger charge is -2.43. The molecule has 0 aliphatic carbocycles. The van der Waals surface area contributed by atoms with E-state index in [9.17, 15) is 15.3 Å². The van der Waals surface area contributed by atoms with Crippen LogP contribution >= 0.6 is 0 Å². The number of rotatable bonds is 0. The highest BCUT2D eigenvalue weighted by Gasteiger charge is 2.50. The zero-order valence-electron chi connectivity index (χ0n) is 7.01. The van der Waals surface area contributed by atoms with Gasteiger partial charge < -0.3 is 25.2 Å². The number of hydrogen-bond acceptors (Lipinski definition) is 5. The predicted octanol–water partition coefficient (Wildman–Crippen LogP) is -1.80. The summed E-state index contributed by atoms with van der Waals surface area (Å²) in [5.74, 6) is 0. The molecule has 1 heterocycles. The van der Waals surface area contributed by atoms with Gasteiger partial charge in [0, 0.05) is 0 Å². The third kappa shape index (κ3) is 1.34. The van der Waals surface area contributed by atoms with Gasteiger partial charge in [0.15, 0.2) is 6.29 Å². The lowest BCUT2D eigenvalue weighted by Crippen LogP contribution is -2.64. The monoisotopic (exact) mass is 178 g/mol. The van der Waals surface area contributed by atoms with Crippen LogP contribution in [0.25, 0.3) is 0 Å². The summed E-state index contributed by atoms with van der Waals surface area (Å²) in [6, 6.07) is 0. The fourth-order valence-corrected chi connectivity index (χ4v) is 1.31. The molecular weight excluding hydrogens is 164 g/mol. The van der Waals surface area contributed by atoms with Gasteiger partial charge in [-0.15, -0.1) is 0 Å². The van der Waals surface area contributed by atoms with Gasteiger partial charge in [-0.3, -0.25) is 0 Å². The van der Waals surface area contributed by atoms with Gasteiger partial charge in [-0.1, -0.05) is 0 Å². The van der Waals surface area contributed by atoms with Crippen LogP contribution in [-0.4, -0.2) is 50.6 Å². The van der Waals surface area contributed by atoms with Gasteiger partial charge in [0.1, 0.15) is 17.8 Å². The Labute approximate surface area is 70.2 Å². The van der Waals surface area contributed by atoms with E-state index in [1.54, 1.807) is 0 Å². The van der Waals surface area contributed by atoms with Gasteiger partial charge >= 0.3 is 0 Å². The first kappa shape index (κ1) is 9.88. The van der Waals surface area contributed by atoms with Crippen LogP contribution in [0.4, 0.5) is 0 Å². The van der Waals surface area contributed by atoms with Gasteiger partial charge in [-0.2, -0.15) is 0 Å². The number of aliphatic hydroxyl groups is 4. The van der Waals surface area contributed by atoms with Crippen LogP contribution in [-0.2, 0) is 4.74 Å². The summed E-state index contributed by atoms with van der Waals surface area (Å²) in [6.45, 7) is 2.76. The SMILES string of the molecule is C[C@H]1O[C@H](O)[C@@H](O)[C@@](C)(O)[C@@H]1O. The van der Waals surface area contributed by atoms with Crippen molar-refractivity contribution in [3.8, 4) is 0 Å². The molecule has 0 spiro atoms. The first-order valence-electron chi connectivity index (χ1n) is 3.79. The fraction of sp³-hybridized carbons (Fsp3) is 1.00. The second-order valence-electron chi connectivity index (χ2n) is 3.35. The third-order valence-electron chi connectivity index (χ3n) is 2.27. The molecule has 1 saturated heterocycles. The molecule has 0 unspecified atom stereocenters. The van der Waals surface area contributed by atoms with Crippen molar-refractivity contribution in [3.05, 3.63) is 0 Å². The molecule has 0 bridgehead atoms. The molecule has 1 aliphatic heterocycles. The lowest BCUT2D eigenvalue weighted by molar-refractivity contribution is -0.309. The normalized spacial score (nSPS) is 55.5. The zero-order chi connectivity index (χ0) is 9.52. The lowest BCUT2D eigenvalue weighted by atomic mass is 9.86. The summed E-state index contributed by atoms with van der Waals surface area (Å²) >= 11 is 0. The van der Waals surface area contributed by atoms with Crippen LogP contribution in [0.2, 0.25) is 0 Å². The zero-order valence-corrected chi connectivity index (χ0v) is 7.01. The number of aliphatic hydroxyl groups excluding tert-OH is 3. The van der Waals surface area contributed by atoms with Gasteiger partial charge in [0.2, 0.25) is 0 Å². The van der Waals surface area contributed by atoms with E-state index < -0.39 is 30.2 Å². The summed E-state index contributed by atoms with van der Waals surface area (Å²) in [6.07, 6.45) is -4.82. The highest BCUT2D eigenvalue weighted by Crippen LogP contribution is 2.28. The molecule has 0 aromatic carbocycles. The molecule has 4 N–H and O–H groups in total. The van der Waals surface area contributed by atoms with Crippen molar-refractivity contribution in [2.24, 2.45) is 0 Å². The van der Waals surface area contributed by atoms with E-state index in [-0.39, 0.29) is 0 Å². The maximum Gasteiger partial charge on any atom is 0.184 e. The van der Waals surface area contributed by atoms with Crippen LogP contribution in [0, 0.1) is 0 Å². The van der Waals surface area contributed by atoms with Crippen molar-refractivity contribution in [1.29, 1.82) is 0 Å². The standard InChI is InChI=1S/C7H14O5/c1-3-4(8)7(2,11)5(9)6(10)12-3/h3-6,8-11H,1-2H3/t3-,4-,5-,6+,7+/m1/s1. The molecule has 0 saturated carbocycles. The quantitative estimate of drug-likeness (QED) is 0.351. The number of hydrogen-bond donors (Lipinski definition) is 4. The van der Waals surface area contributed by atoms with Gasteiger partial charge in [-0.25, -0.2) is 0 Å². The Morgan fingerprint density at radius 1 is 1.17 bits per heavy atom. The molecule has 1 rings (SSSR count). The van der Waals surface area contributed by atoms with E-state index in [0.29, 0.717) is 0 Å². The molecule has 0 amide bonds. The summed E-state index contributed by atoms with van der Waals surface area (Å²) in [5.41, 5.74) is -1.73. The van der Waals surface area contributed by atoms with Crippen LogP contribution in [0.15, 0.2) is 0 Å². The summed E-state index contributed by atoms with van der Waals surface area (Å²) in [7, 11) is 0. The minimum absolute atomic E-state index is 0.696. The first-order chi connectivity index (χ1) is 5.37.